The second kappa shape index (κ2) is 24.2. The van der Waals surface area contributed by atoms with Crippen LogP contribution in [0.4, 0.5) is 23.2 Å². The molecule has 4 aromatic carbocycles. The van der Waals surface area contributed by atoms with Crippen LogP contribution < -0.4 is 18.9 Å². The minimum absolute atomic E-state index is 0.0493. The molecule has 0 radical (unpaired) electrons. The number of rotatable bonds is 15. The van der Waals surface area contributed by atoms with E-state index >= 15 is 0 Å². The number of aromatic nitrogens is 2. The summed E-state index contributed by atoms with van der Waals surface area (Å²) in [5.41, 5.74) is -1.59. The summed E-state index contributed by atoms with van der Waals surface area (Å²) in [6.07, 6.45) is -2.70. The number of carbonyl (C=O) groups is 4. The third-order valence-corrected chi connectivity index (χ3v) is 8.83. The minimum Gasteiger partial charge on any atom is -0.480 e. The number of nitrogens with zero attached hydrogens (tertiary/aromatic N) is 3. The average molecular weight is 997 g/mol. The van der Waals surface area contributed by atoms with Crippen LogP contribution in [-0.2, 0) is 30.0 Å². The molecule has 352 valence electrons. The van der Waals surface area contributed by atoms with E-state index in [1.165, 1.54) is 44.3 Å². The van der Waals surface area contributed by atoms with Crippen LogP contribution in [0.1, 0.15) is 29.8 Å². The molecule has 6 rings (SSSR count). The van der Waals surface area contributed by atoms with Gasteiger partial charge in [-0.1, -0.05) is 34.8 Å². The van der Waals surface area contributed by atoms with Crippen molar-refractivity contribution in [2.75, 3.05) is 19.8 Å². The fourth-order valence-corrected chi connectivity index (χ4v) is 5.57. The lowest BCUT2D eigenvalue weighted by atomic mass is 10.1. The zero-order valence-corrected chi connectivity index (χ0v) is 36.6. The van der Waals surface area contributed by atoms with Crippen molar-refractivity contribution in [3.63, 3.8) is 0 Å². The lowest BCUT2D eigenvalue weighted by molar-refractivity contribution is -0.385. The maximum atomic E-state index is 13.5. The maximum absolute atomic E-state index is 13.5. The van der Waals surface area contributed by atoms with Crippen LogP contribution in [0.5, 0.6) is 34.6 Å². The summed E-state index contributed by atoms with van der Waals surface area (Å²) >= 11 is 17.4. The van der Waals surface area contributed by atoms with Crippen LogP contribution in [0.25, 0.3) is 10.9 Å². The van der Waals surface area contributed by atoms with Crippen molar-refractivity contribution in [3.8, 4) is 34.6 Å². The van der Waals surface area contributed by atoms with Crippen molar-refractivity contribution in [2.24, 2.45) is 0 Å². The summed E-state index contributed by atoms with van der Waals surface area (Å²) in [4.78, 5) is 62.7. The zero-order chi connectivity index (χ0) is 49.4. The largest absolute Gasteiger partial charge is 0.480 e. The van der Waals surface area contributed by atoms with E-state index < -0.39 is 76.9 Å². The van der Waals surface area contributed by atoms with Gasteiger partial charge >= 0.3 is 30.1 Å². The Balaban J connectivity index is 0.000000231. The van der Waals surface area contributed by atoms with E-state index in [0.29, 0.717) is 33.9 Å². The van der Waals surface area contributed by atoms with Crippen molar-refractivity contribution in [2.45, 2.75) is 26.1 Å². The standard InChI is InChI=1S/C18H13ClF3NO7.C14H11ClFNO4.C11H8ClNO3/c1-2-28-16(24)9-29-17(25)12-8-11(4-5-14(12)23(26)27)30-15-6-3-10(7-13(15)19)18(20,21)22;1-8(14(18)19)20-10-2-4-11(5-3-10)21-13-12(16)6-9(15)7-17-13;12-8-3-4-9(16-6-10(14)15)11-7(8)2-1-5-13-11/h3-8H,2,9H2,1H3;2-8H,1H3,(H,18,19);1-5H,6H2,(H,14,15)/t;8-;/m.1./s1. The smallest absolute Gasteiger partial charge is 0.416 e. The first kappa shape index (κ1) is 52.1. The van der Waals surface area contributed by atoms with Crippen molar-refractivity contribution in [1.82, 2.24) is 9.97 Å². The molecule has 0 amide bonds. The highest BCUT2D eigenvalue weighted by Gasteiger charge is 2.31. The summed E-state index contributed by atoms with van der Waals surface area (Å²) in [5, 5.41) is 29.5. The highest BCUT2D eigenvalue weighted by Crippen LogP contribution is 2.37. The molecule has 67 heavy (non-hydrogen) atoms. The third-order valence-electron chi connectivity index (χ3n) is 8.00. The molecule has 17 nitrogen and oxygen atoms in total. The molecule has 2 heterocycles. The van der Waals surface area contributed by atoms with Gasteiger partial charge in [-0.3, -0.25) is 15.1 Å². The fraction of sp³-hybridized carbons (Fsp3) is 0.163. The Bertz CT molecular complexity index is 2750. The van der Waals surface area contributed by atoms with E-state index in [1.807, 2.05) is 0 Å². The number of halogens is 7. The summed E-state index contributed by atoms with van der Waals surface area (Å²) < 4.78 is 81.8. The van der Waals surface area contributed by atoms with Crippen molar-refractivity contribution < 1.29 is 80.3 Å². The Kier molecular flexibility index (Phi) is 18.8. The van der Waals surface area contributed by atoms with Gasteiger partial charge in [0.15, 0.2) is 25.1 Å². The Morgan fingerprint density at radius 1 is 0.806 bits per heavy atom. The van der Waals surface area contributed by atoms with Gasteiger partial charge < -0.3 is 38.6 Å². The first-order chi connectivity index (χ1) is 31.7. The summed E-state index contributed by atoms with van der Waals surface area (Å²) in [6.45, 7) is 1.85. The first-order valence-electron chi connectivity index (χ1n) is 18.7. The fourth-order valence-electron chi connectivity index (χ4n) is 4.99. The quantitative estimate of drug-likeness (QED) is 0.0421. The summed E-state index contributed by atoms with van der Waals surface area (Å²) in [7, 11) is 0. The van der Waals surface area contributed by atoms with Crippen LogP contribution in [-0.4, -0.2) is 74.9 Å². The number of pyridine rings is 2. The molecule has 2 aromatic heterocycles. The van der Waals surface area contributed by atoms with E-state index in [1.54, 1.807) is 30.5 Å². The number of hydrogen-bond acceptors (Lipinski definition) is 14. The Labute approximate surface area is 390 Å². The molecule has 0 spiro atoms. The normalized spacial score (nSPS) is 11.1. The highest BCUT2D eigenvalue weighted by molar-refractivity contribution is 6.35. The molecule has 0 aliphatic heterocycles. The van der Waals surface area contributed by atoms with Gasteiger partial charge in [-0.05, 0) is 92.7 Å². The Hall–Kier alpha value is -7.49. The van der Waals surface area contributed by atoms with Gasteiger partial charge in [0.25, 0.3) is 11.6 Å². The van der Waals surface area contributed by atoms with Gasteiger partial charge in [0, 0.05) is 29.9 Å². The molecule has 0 aliphatic carbocycles. The minimum atomic E-state index is -4.61. The molecule has 1 atom stereocenters. The van der Waals surface area contributed by atoms with Gasteiger partial charge in [-0.2, -0.15) is 13.2 Å². The summed E-state index contributed by atoms with van der Waals surface area (Å²) in [6, 6.07) is 19.3. The van der Waals surface area contributed by atoms with E-state index in [2.05, 4.69) is 14.7 Å². The number of carbonyl (C=O) groups excluding carboxylic acids is 2. The van der Waals surface area contributed by atoms with Crippen molar-refractivity contribution >= 4 is 75.3 Å². The number of alkyl halides is 3. The van der Waals surface area contributed by atoms with E-state index in [0.717, 1.165) is 41.8 Å². The Morgan fingerprint density at radius 3 is 2.09 bits per heavy atom. The van der Waals surface area contributed by atoms with Crippen LogP contribution >= 0.6 is 34.8 Å². The van der Waals surface area contributed by atoms with Crippen LogP contribution in [0.2, 0.25) is 15.1 Å². The number of esters is 2. The predicted octanol–water partition coefficient (Wildman–Crippen LogP) is 10.6. The number of benzene rings is 4. The number of carboxylic acids is 2. The highest BCUT2D eigenvalue weighted by atomic mass is 35.5. The number of fused-ring (bicyclic) bond motifs is 1. The zero-order valence-electron chi connectivity index (χ0n) is 34.3. The monoisotopic (exact) mass is 995 g/mol. The molecule has 0 fully saturated rings. The number of ether oxygens (including phenoxy) is 6. The van der Waals surface area contributed by atoms with Gasteiger partial charge in [-0.15, -0.1) is 0 Å². The first-order valence-corrected chi connectivity index (χ1v) is 19.8. The van der Waals surface area contributed by atoms with E-state index in [-0.39, 0.29) is 34.0 Å². The molecule has 2 N–H and O–H groups in total. The lowest BCUT2D eigenvalue weighted by Gasteiger charge is -2.12. The van der Waals surface area contributed by atoms with Crippen LogP contribution in [0.15, 0.2) is 103 Å². The molecule has 0 saturated heterocycles. The number of carboxylic acid groups (broad SMARTS) is 2. The number of aliphatic carboxylic acids is 2. The average Bonchev–Trinajstić information content (AvgIpc) is 3.27. The topological polar surface area (TPSA) is 233 Å². The number of hydrogen-bond donors (Lipinski definition) is 2. The predicted molar refractivity (Wildman–Crippen MR) is 230 cm³/mol. The molecular formula is C43H32Cl3F4N3O14. The second-order valence-corrected chi connectivity index (χ2v) is 14.1. The molecule has 0 saturated carbocycles. The third kappa shape index (κ3) is 15.9. The molecular weight excluding hydrogens is 965 g/mol. The lowest BCUT2D eigenvalue weighted by Crippen LogP contribution is -2.22. The molecule has 0 aliphatic rings. The van der Waals surface area contributed by atoms with Gasteiger partial charge in [0.2, 0.25) is 0 Å². The Morgan fingerprint density at radius 2 is 1.48 bits per heavy atom. The van der Waals surface area contributed by atoms with Crippen LogP contribution in [0, 0.1) is 15.9 Å². The van der Waals surface area contributed by atoms with Gasteiger partial charge in [0.05, 0.1) is 32.2 Å². The van der Waals surface area contributed by atoms with E-state index in [4.69, 9.17) is 68.7 Å². The molecule has 0 unspecified atom stereocenters. The maximum Gasteiger partial charge on any atom is 0.416 e. The number of nitro groups is 1. The SMILES string of the molecule is CCOC(=O)COC(=O)c1cc(Oc2ccc(C(F)(F)F)cc2Cl)ccc1[N+](=O)[O-].C[C@@H](Oc1ccc(Oc2ncc(Cl)cc2F)cc1)C(=O)O.O=C(O)COc1ccc(Cl)c2cccnc12. The van der Waals surface area contributed by atoms with Crippen molar-refractivity contribution in [1.29, 1.82) is 0 Å². The van der Waals surface area contributed by atoms with Gasteiger partial charge in [-0.25, -0.2) is 28.6 Å². The summed E-state index contributed by atoms with van der Waals surface area (Å²) in [5.74, 6) is -4.22. The number of nitro benzene ring substituents is 1. The van der Waals surface area contributed by atoms with Gasteiger partial charge in [0.1, 0.15) is 39.8 Å². The molecule has 24 heteroatoms. The molecule has 6 aromatic rings. The molecule has 0 bridgehead atoms. The van der Waals surface area contributed by atoms with Crippen molar-refractivity contribution in [3.05, 3.63) is 146 Å². The van der Waals surface area contributed by atoms with E-state index in [9.17, 15) is 46.9 Å². The van der Waals surface area contributed by atoms with Crippen LogP contribution in [0.3, 0.4) is 0 Å². The second-order valence-electron chi connectivity index (χ2n) is 12.8.